The van der Waals surface area contributed by atoms with E-state index in [4.69, 9.17) is 18.9 Å². The van der Waals surface area contributed by atoms with Gasteiger partial charge in [0.15, 0.2) is 16.3 Å². The average Bonchev–Trinajstić information content (AvgIpc) is 3.14. The van der Waals surface area contributed by atoms with E-state index in [0.717, 1.165) is 5.52 Å². The van der Waals surface area contributed by atoms with E-state index in [1.165, 1.54) is 56.9 Å². The van der Waals surface area contributed by atoms with Gasteiger partial charge in [0, 0.05) is 30.8 Å². The SMILES string of the molecule is CCOCCn1c(=NC(=O)c2cc(OC)c(OC)c(OC)c2)sc2cc([N+](=O)[O-])ccc21. The van der Waals surface area contributed by atoms with E-state index in [0.29, 0.717) is 46.5 Å². The Morgan fingerprint density at radius 1 is 1.12 bits per heavy atom. The number of nitro benzene ring substituents is 1. The third-order valence-electron chi connectivity index (χ3n) is 4.65. The Morgan fingerprint density at radius 3 is 2.38 bits per heavy atom. The van der Waals surface area contributed by atoms with E-state index in [2.05, 4.69) is 4.99 Å². The van der Waals surface area contributed by atoms with Crippen molar-refractivity contribution in [3.63, 3.8) is 0 Å². The summed E-state index contributed by atoms with van der Waals surface area (Å²) in [5.74, 6) is 0.520. The third kappa shape index (κ3) is 4.73. The normalized spacial score (nSPS) is 11.6. The molecule has 170 valence electrons. The summed E-state index contributed by atoms with van der Waals surface area (Å²) >= 11 is 1.19. The Bertz CT molecular complexity index is 1190. The molecule has 0 aliphatic carbocycles. The van der Waals surface area contributed by atoms with E-state index in [9.17, 15) is 14.9 Å². The number of aromatic nitrogens is 1. The quantitative estimate of drug-likeness (QED) is 0.272. The van der Waals surface area contributed by atoms with Crippen LogP contribution in [0.4, 0.5) is 5.69 Å². The number of amides is 1. The zero-order chi connectivity index (χ0) is 23.3. The lowest BCUT2D eigenvalue weighted by Crippen LogP contribution is -2.19. The van der Waals surface area contributed by atoms with Gasteiger partial charge < -0.3 is 23.5 Å². The maximum Gasteiger partial charge on any atom is 0.279 e. The minimum Gasteiger partial charge on any atom is -0.493 e. The van der Waals surface area contributed by atoms with E-state index in [-0.39, 0.29) is 11.3 Å². The highest BCUT2D eigenvalue weighted by molar-refractivity contribution is 7.16. The van der Waals surface area contributed by atoms with Crippen molar-refractivity contribution in [3.8, 4) is 17.2 Å². The van der Waals surface area contributed by atoms with Crippen LogP contribution in [0.15, 0.2) is 35.3 Å². The number of methoxy groups -OCH3 is 3. The van der Waals surface area contributed by atoms with Crippen LogP contribution in [0, 0.1) is 10.1 Å². The van der Waals surface area contributed by atoms with Crippen LogP contribution >= 0.6 is 11.3 Å². The molecule has 1 amide bonds. The first kappa shape index (κ1) is 23.2. The van der Waals surface area contributed by atoms with Crippen molar-refractivity contribution in [3.05, 3.63) is 50.8 Å². The molecule has 0 fully saturated rings. The molecule has 1 aromatic heterocycles. The third-order valence-corrected chi connectivity index (χ3v) is 5.69. The smallest absolute Gasteiger partial charge is 0.279 e. The van der Waals surface area contributed by atoms with Crippen LogP contribution in [0.1, 0.15) is 17.3 Å². The number of hydrogen-bond donors (Lipinski definition) is 0. The summed E-state index contributed by atoms with van der Waals surface area (Å²) in [6.45, 7) is 3.28. The summed E-state index contributed by atoms with van der Waals surface area (Å²) in [6, 6.07) is 7.60. The van der Waals surface area contributed by atoms with Crippen LogP contribution in [0.3, 0.4) is 0 Å². The zero-order valence-electron chi connectivity index (χ0n) is 18.1. The second kappa shape index (κ2) is 10.2. The first-order chi connectivity index (χ1) is 15.4. The number of carbonyl (C=O) groups is 1. The van der Waals surface area contributed by atoms with Crippen molar-refractivity contribution in [2.24, 2.45) is 4.99 Å². The number of hydrogen-bond acceptors (Lipinski definition) is 8. The van der Waals surface area contributed by atoms with Gasteiger partial charge in [0.1, 0.15) is 0 Å². The number of nitrogens with zero attached hydrogens (tertiary/aromatic N) is 3. The minimum absolute atomic E-state index is 0.0294. The highest BCUT2D eigenvalue weighted by Crippen LogP contribution is 2.38. The summed E-state index contributed by atoms with van der Waals surface area (Å²) in [5, 5.41) is 11.2. The standard InChI is InChI=1S/C21H23N3O7S/c1-5-31-9-8-23-15-7-6-14(24(26)27)12-18(15)32-21(23)22-20(25)13-10-16(28-2)19(30-4)17(11-13)29-3/h6-7,10-12H,5,8-9H2,1-4H3. The monoisotopic (exact) mass is 461 g/mol. The highest BCUT2D eigenvalue weighted by Gasteiger charge is 2.18. The van der Waals surface area contributed by atoms with Crippen LogP contribution in [-0.4, -0.2) is 49.9 Å². The Kier molecular flexibility index (Phi) is 7.44. The van der Waals surface area contributed by atoms with Crippen molar-refractivity contribution in [1.29, 1.82) is 0 Å². The molecule has 0 N–H and O–H groups in total. The number of carbonyl (C=O) groups excluding carboxylic acids is 1. The lowest BCUT2D eigenvalue weighted by atomic mass is 10.1. The predicted molar refractivity (Wildman–Crippen MR) is 119 cm³/mol. The largest absolute Gasteiger partial charge is 0.493 e. The van der Waals surface area contributed by atoms with Crippen LogP contribution < -0.4 is 19.0 Å². The van der Waals surface area contributed by atoms with Gasteiger partial charge in [-0.3, -0.25) is 14.9 Å². The fraction of sp³-hybridized carbons (Fsp3) is 0.333. The fourth-order valence-corrected chi connectivity index (χ4v) is 4.22. The van der Waals surface area contributed by atoms with Gasteiger partial charge in [0.2, 0.25) is 5.75 Å². The van der Waals surface area contributed by atoms with E-state index >= 15 is 0 Å². The first-order valence-electron chi connectivity index (χ1n) is 9.68. The number of benzene rings is 2. The summed E-state index contributed by atoms with van der Waals surface area (Å²) < 4.78 is 23.8. The molecule has 32 heavy (non-hydrogen) atoms. The van der Waals surface area contributed by atoms with Gasteiger partial charge in [-0.2, -0.15) is 4.99 Å². The van der Waals surface area contributed by atoms with E-state index in [1.807, 2.05) is 11.5 Å². The molecule has 3 aromatic rings. The van der Waals surface area contributed by atoms with Crippen molar-refractivity contribution in [2.75, 3.05) is 34.5 Å². The molecule has 0 atom stereocenters. The Morgan fingerprint density at radius 2 is 1.81 bits per heavy atom. The van der Waals surface area contributed by atoms with Crippen molar-refractivity contribution in [1.82, 2.24) is 4.57 Å². The molecule has 2 aromatic carbocycles. The molecular weight excluding hydrogens is 438 g/mol. The van der Waals surface area contributed by atoms with Crippen LogP contribution in [-0.2, 0) is 11.3 Å². The maximum absolute atomic E-state index is 13.0. The molecule has 3 rings (SSSR count). The molecule has 0 unspecified atom stereocenters. The molecule has 1 heterocycles. The molecule has 0 saturated heterocycles. The number of thiazole rings is 1. The average molecular weight is 461 g/mol. The molecule has 10 nitrogen and oxygen atoms in total. The second-order valence-electron chi connectivity index (χ2n) is 6.47. The summed E-state index contributed by atoms with van der Waals surface area (Å²) in [5.41, 5.74) is 0.953. The molecule has 0 bridgehead atoms. The number of nitro groups is 1. The molecule has 0 aliphatic rings. The number of rotatable bonds is 9. The van der Waals surface area contributed by atoms with Crippen molar-refractivity contribution < 1.29 is 28.7 Å². The molecule has 0 aliphatic heterocycles. The molecule has 0 spiro atoms. The predicted octanol–water partition coefficient (Wildman–Crippen LogP) is 3.41. The molecule has 11 heteroatoms. The van der Waals surface area contributed by atoms with Gasteiger partial charge in [0.05, 0.1) is 43.1 Å². The topological polar surface area (TPSA) is 114 Å². The van der Waals surface area contributed by atoms with Crippen LogP contribution in [0.5, 0.6) is 17.2 Å². The lowest BCUT2D eigenvalue weighted by molar-refractivity contribution is -0.384. The van der Waals surface area contributed by atoms with Crippen LogP contribution in [0.2, 0.25) is 0 Å². The number of ether oxygens (including phenoxy) is 4. The Labute approximate surface area is 187 Å². The number of non-ortho nitro benzene ring substituents is 1. The summed E-state index contributed by atoms with van der Waals surface area (Å²) in [6.07, 6.45) is 0. The van der Waals surface area contributed by atoms with Crippen molar-refractivity contribution >= 4 is 33.1 Å². The van der Waals surface area contributed by atoms with E-state index < -0.39 is 10.8 Å². The van der Waals surface area contributed by atoms with Gasteiger partial charge in [-0.25, -0.2) is 0 Å². The minimum atomic E-state index is -0.518. The second-order valence-corrected chi connectivity index (χ2v) is 7.48. The van der Waals surface area contributed by atoms with Gasteiger partial charge >= 0.3 is 0 Å². The van der Waals surface area contributed by atoms with Crippen LogP contribution in [0.25, 0.3) is 10.2 Å². The molecular formula is C21H23N3O7S. The maximum atomic E-state index is 13.0. The van der Waals surface area contributed by atoms with Gasteiger partial charge in [-0.15, -0.1) is 0 Å². The molecule has 0 radical (unpaired) electrons. The summed E-state index contributed by atoms with van der Waals surface area (Å²) in [7, 11) is 4.40. The van der Waals surface area contributed by atoms with E-state index in [1.54, 1.807) is 6.07 Å². The highest BCUT2D eigenvalue weighted by atomic mass is 32.1. The molecule has 0 saturated carbocycles. The Hall–Kier alpha value is -3.44. The van der Waals surface area contributed by atoms with Crippen molar-refractivity contribution in [2.45, 2.75) is 13.5 Å². The lowest BCUT2D eigenvalue weighted by Gasteiger charge is -2.12. The first-order valence-corrected chi connectivity index (χ1v) is 10.5. The summed E-state index contributed by atoms with van der Waals surface area (Å²) in [4.78, 5) is 28.4. The Balaban J connectivity index is 2.12. The van der Waals surface area contributed by atoms with Gasteiger partial charge in [0.25, 0.3) is 11.6 Å². The van der Waals surface area contributed by atoms with Gasteiger partial charge in [-0.05, 0) is 25.1 Å². The fourth-order valence-electron chi connectivity index (χ4n) is 3.13. The number of fused-ring (bicyclic) bond motifs is 1. The van der Waals surface area contributed by atoms with Gasteiger partial charge in [-0.1, -0.05) is 11.3 Å². The zero-order valence-corrected chi connectivity index (χ0v) is 18.9.